The van der Waals surface area contributed by atoms with E-state index >= 15 is 0 Å². The van der Waals surface area contributed by atoms with Crippen LogP contribution < -0.4 is 5.32 Å². The lowest BCUT2D eigenvalue weighted by atomic mass is 10.1. The third-order valence-corrected chi connectivity index (χ3v) is 3.33. The lowest BCUT2D eigenvalue weighted by molar-refractivity contribution is -0.137. The van der Waals surface area contributed by atoms with Crippen LogP contribution in [0, 0.1) is 11.8 Å². The molecule has 6 heteroatoms. The van der Waals surface area contributed by atoms with Crippen LogP contribution in [-0.2, 0) is 9.53 Å². The van der Waals surface area contributed by atoms with Crippen molar-refractivity contribution in [3.63, 3.8) is 0 Å². The highest BCUT2D eigenvalue weighted by Gasteiger charge is 2.34. The molecular weight excluding hydrogens is 260 g/mol. The molecule has 1 aliphatic carbocycles. The van der Waals surface area contributed by atoms with E-state index in [-0.39, 0.29) is 18.5 Å². The maximum absolute atomic E-state index is 12.3. The first-order chi connectivity index (χ1) is 9.43. The Hall–Kier alpha value is -1.30. The number of carbonyl (C=O) groups is 2. The van der Waals surface area contributed by atoms with Crippen molar-refractivity contribution >= 4 is 12.0 Å². The van der Waals surface area contributed by atoms with Crippen LogP contribution in [0.25, 0.3) is 0 Å². The van der Waals surface area contributed by atoms with E-state index < -0.39 is 5.97 Å². The molecule has 20 heavy (non-hydrogen) atoms. The first-order valence-electron chi connectivity index (χ1n) is 7.20. The molecule has 0 saturated heterocycles. The Morgan fingerprint density at radius 3 is 2.50 bits per heavy atom. The van der Waals surface area contributed by atoms with E-state index in [9.17, 15) is 9.59 Å². The topological polar surface area (TPSA) is 78.9 Å². The second kappa shape index (κ2) is 8.09. The maximum atomic E-state index is 12.3. The summed E-state index contributed by atoms with van der Waals surface area (Å²) >= 11 is 0. The van der Waals surface area contributed by atoms with E-state index in [0.717, 1.165) is 12.8 Å². The molecule has 6 nitrogen and oxygen atoms in total. The molecule has 0 aliphatic heterocycles. The summed E-state index contributed by atoms with van der Waals surface area (Å²) < 4.78 is 5.02. The third kappa shape index (κ3) is 6.23. The average Bonchev–Trinajstić information content (AvgIpc) is 3.16. The second-order valence-corrected chi connectivity index (χ2v) is 5.82. The Morgan fingerprint density at radius 2 is 2.05 bits per heavy atom. The number of amides is 2. The molecule has 0 aromatic rings. The average molecular weight is 286 g/mol. The molecule has 1 atom stereocenters. The van der Waals surface area contributed by atoms with Gasteiger partial charge in [0.05, 0.1) is 13.0 Å². The van der Waals surface area contributed by atoms with Crippen molar-refractivity contribution in [3.05, 3.63) is 0 Å². The van der Waals surface area contributed by atoms with Gasteiger partial charge in [0, 0.05) is 26.2 Å². The van der Waals surface area contributed by atoms with Gasteiger partial charge in [0.2, 0.25) is 0 Å². The molecule has 1 rings (SSSR count). The van der Waals surface area contributed by atoms with E-state index in [1.165, 1.54) is 0 Å². The number of methoxy groups -OCH3 is 1. The third-order valence-electron chi connectivity index (χ3n) is 3.33. The smallest absolute Gasteiger partial charge is 0.317 e. The summed E-state index contributed by atoms with van der Waals surface area (Å²) in [5.41, 5.74) is 0. The largest absolute Gasteiger partial charge is 0.481 e. The van der Waals surface area contributed by atoms with Crippen LogP contribution in [-0.4, -0.2) is 54.9 Å². The Kier molecular flexibility index (Phi) is 6.78. The van der Waals surface area contributed by atoms with Crippen LogP contribution >= 0.6 is 0 Å². The van der Waals surface area contributed by atoms with Gasteiger partial charge >= 0.3 is 12.0 Å². The first kappa shape index (κ1) is 16.8. The molecule has 0 bridgehead atoms. The fourth-order valence-corrected chi connectivity index (χ4v) is 2.19. The number of carboxylic acids is 1. The van der Waals surface area contributed by atoms with Crippen molar-refractivity contribution < 1.29 is 19.4 Å². The Labute approximate surface area is 120 Å². The number of urea groups is 1. The number of ether oxygens (including phenoxy) is 1. The fraction of sp³-hybridized carbons (Fsp3) is 0.857. The predicted octanol–water partition coefficient (Wildman–Crippen LogP) is 1.55. The number of carbonyl (C=O) groups excluding carboxylic acids is 1. The van der Waals surface area contributed by atoms with Gasteiger partial charge < -0.3 is 20.1 Å². The molecule has 2 N–H and O–H groups in total. The number of rotatable bonds is 9. The van der Waals surface area contributed by atoms with Crippen LogP contribution in [0.5, 0.6) is 0 Å². The normalized spacial score (nSPS) is 16.0. The molecule has 0 aromatic carbocycles. The summed E-state index contributed by atoms with van der Waals surface area (Å²) in [6, 6.07) is -0.439. The van der Waals surface area contributed by atoms with Gasteiger partial charge in [0.15, 0.2) is 0 Å². The monoisotopic (exact) mass is 286 g/mol. The first-order valence-corrected chi connectivity index (χ1v) is 7.20. The highest BCUT2D eigenvalue weighted by atomic mass is 16.5. The summed E-state index contributed by atoms with van der Waals surface area (Å²) in [5, 5.41) is 11.8. The number of aliphatic carboxylic acids is 1. The van der Waals surface area contributed by atoms with E-state index in [1.807, 2.05) is 13.8 Å². The predicted molar refractivity (Wildman–Crippen MR) is 75.6 cm³/mol. The molecule has 116 valence electrons. The van der Waals surface area contributed by atoms with Gasteiger partial charge in [-0.2, -0.15) is 0 Å². The summed E-state index contributed by atoms with van der Waals surface area (Å²) in [6.07, 6.45) is 2.00. The van der Waals surface area contributed by atoms with Crippen LogP contribution in [0.3, 0.4) is 0 Å². The van der Waals surface area contributed by atoms with Crippen molar-refractivity contribution in [1.82, 2.24) is 10.2 Å². The van der Waals surface area contributed by atoms with Gasteiger partial charge in [-0.3, -0.25) is 4.79 Å². The minimum absolute atomic E-state index is 0.00377. The molecule has 0 radical (unpaired) electrons. The maximum Gasteiger partial charge on any atom is 0.317 e. The zero-order valence-electron chi connectivity index (χ0n) is 12.6. The standard InChI is InChI=1S/C14H26N2O4/c1-10(2)9-16(6-7-20-3)14(19)15-12(8-13(17)18)11-4-5-11/h10-12H,4-9H2,1-3H3,(H,15,19)(H,17,18). The summed E-state index contributed by atoms with van der Waals surface area (Å²) in [5.74, 6) is -0.190. The van der Waals surface area contributed by atoms with Crippen molar-refractivity contribution in [2.24, 2.45) is 11.8 Å². The minimum atomic E-state index is -0.866. The van der Waals surface area contributed by atoms with Crippen molar-refractivity contribution in [1.29, 1.82) is 0 Å². The van der Waals surface area contributed by atoms with Crippen LogP contribution in [0.4, 0.5) is 4.79 Å². The zero-order valence-corrected chi connectivity index (χ0v) is 12.6. The number of nitrogens with one attached hydrogen (secondary N) is 1. The van der Waals surface area contributed by atoms with Crippen molar-refractivity contribution in [2.45, 2.75) is 39.2 Å². The Morgan fingerprint density at radius 1 is 1.40 bits per heavy atom. The Balaban J connectivity index is 2.54. The highest BCUT2D eigenvalue weighted by Crippen LogP contribution is 2.34. The van der Waals surface area contributed by atoms with E-state index in [0.29, 0.717) is 31.5 Å². The molecule has 1 saturated carbocycles. The van der Waals surface area contributed by atoms with Gasteiger partial charge in [-0.15, -0.1) is 0 Å². The lowest BCUT2D eigenvalue weighted by Crippen LogP contribution is -2.48. The zero-order chi connectivity index (χ0) is 15.1. The van der Waals surface area contributed by atoms with Gasteiger partial charge in [0.1, 0.15) is 0 Å². The number of hydrogen-bond acceptors (Lipinski definition) is 3. The summed E-state index contributed by atoms with van der Waals surface area (Å²) in [4.78, 5) is 24.8. The second-order valence-electron chi connectivity index (χ2n) is 5.82. The van der Waals surface area contributed by atoms with Gasteiger partial charge in [-0.1, -0.05) is 13.8 Å². The summed E-state index contributed by atoms with van der Waals surface area (Å²) in [7, 11) is 1.60. The molecule has 0 heterocycles. The quantitative estimate of drug-likeness (QED) is 0.674. The van der Waals surface area contributed by atoms with Crippen LogP contribution in [0.1, 0.15) is 33.1 Å². The van der Waals surface area contributed by atoms with Gasteiger partial charge in [0.25, 0.3) is 0 Å². The molecular formula is C14H26N2O4. The lowest BCUT2D eigenvalue weighted by Gasteiger charge is -2.27. The Bertz CT molecular complexity index is 329. The number of nitrogens with zero attached hydrogens (tertiary/aromatic N) is 1. The van der Waals surface area contributed by atoms with Crippen molar-refractivity contribution in [3.8, 4) is 0 Å². The molecule has 1 fully saturated rings. The van der Waals surface area contributed by atoms with Gasteiger partial charge in [-0.05, 0) is 24.7 Å². The molecule has 1 unspecified atom stereocenters. The SMILES string of the molecule is COCCN(CC(C)C)C(=O)NC(CC(=O)O)C1CC1. The summed E-state index contributed by atoms with van der Waals surface area (Å²) in [6.45, 7) is 5.73. The van der Waals surface area contributed by atoms with Crippen LogP contribution in [0.2, 0.25) is 0 Å². The fourth-order valence-electron chi connectivity index (χ4n) is 2.19. The number of hydrogen-bond donors (Lipinski definition) is 2. The van der Waals surface area contributed by atoms with E-state index in [1.54, 1.807) is 12.0 Å². The van der Waals surface area contributed by atoms with E-state index in [4.69, 9.17) is 9.84 Å². The van der Waals surface area contributed by atoms with Gasteiger partial charge in [-0.25, -0.2) is 4.79 Å². The minimum Gasteiger partial charge on any atom is -0.481 e. The molecule has 0 aromatic heterocycles. The molecule has 2 amide bonds. The molecule has 1 aliphatic rings. The van der Waals surface area contributed by atoms with Crippen molar-refractivity contribution in [2.75, 3.05) is 26.8 Å². The number of carboxylic acid groups (broad SMARTS) is 1. The highest BCUT2D eigenvalue weighted by molar-refractivity contribution is 5.76. The van der Waals surface area contributed by atoms with E-state index in [2.05, 4.69) is 5.32 Å². The molecule has 0 spiro atoms. The van der Waals surface area contributed by atoms with Crippen LogP contribution in [0.15, 0.2) is 0 Å².